The quantitative estimate of drug-likeness (QED) is 0.441. The molecular weight excluding hydrogens is 206 g/mol. The van der Waals surface area contributed by atoms with Crippen LogP contribution in [-0.4, -0.2) is 39.3 Å². The maximum absolute atomic E-state index is 10.7. The van der Waals surface area contributed by atoms with E-state index in [4.69, 9.17) is 21.1 Å². The minimum absolute atomic E-state index is 0.231. The number of rotatable bonds is 4. The summed E-state index contributed by atoms with van der Waals surface area (Å²) in [4.78, 5) is 31.9. The van der Waals surface area contributed by atoms with Crippen LogP contribution in [0.1, 0.15) is 12.8 Å². The number of carboxylic acids is 3. The van der Waals surface area contributed by atoms with Crippen molar-refractivity contribution < 1.29 is 29.7 Å². The summed E-state index contributed by atoms with van der Waals surface area (Å²) in [6.07, 6.45) is -0.462. The van der Waals surface area contributed by atoms with E-state index < -0.39 is 35.3 Å². The SMILES string of the molecule is NC(C(=O)O)C1CC(C(=O)O)(C(=O)O)C1. The Morgan fingerprint density at radius 2 is 1.53 bits per heavy atom. The van der Waals surface area contributed by atoms with Crippen LogP contribution in [0.15, 0.2) is 0 Å². The molecule has 1 saturated carbocycles. The summed E-state index contributed by atoms with van der Waals surface area (Å²) in [5.41, 5.74) is 3.41. The van der Waals surface area contributed by atoms with Gasteiger partial charge in [-0.25, -0.2) is 0 Å². The number of hydrogen-bond donors (Lipinski definition) is 4. The Bertz CT molecular complexity index is 303. The predicted molar refractivity (Wildman–Crippen MR) is 46.0 cm³/mol. The van der Waals surface area contributed by atoms with Crippen LogP contribution in [0.4, 0.5) is 0 Å². The molecule has 0 aromatic carbocycles. The third-order valence-electron chi connectivity index (χ3n) is 2.83. The van der Waals surface area contributed by atoms with E-state index in [0.29, 0.717) is 0 Å². The van der Waals surface area contributed by atoms with Gasteiger partial charge in [-0.05, 0) is 18.8 Å². The standard InChI is InChI=1S/C8H11NO6/c9-4(5(10)11)3-1-8(2-3,6(12)13)7(14)15/h3-4H,1-2,9H2,(H,10,11)(H,12,13)(H,14,15). The molecule has 0 amide bonds. The number of nitrogens with two attached hydrogens (primary N) is 1. The van der Waals surface area contributed by atoms with E-state index in [-0.39, 0.29) is 12.8 Å². The first kappa shape index (κ1) is 11.4. The maximum Gasteiger partial charge on any atom is 0.321 e. The van der Waals surface area contributed by atoms with Gasteiger partial charge in [-0.15, -0.1) is 0 Å². The minimum atomic E-state index is -1.85. The highest BCUT2D eigenvalue weighted by molar-refractivity contribution is 5.99. The van der Waals surface area contributed by atoms with Crippen molar-refractivity contribution in [1.29, 1.82) is 0 Å². The summed E-state index contributed by atoms with van der Waals surface area (Å²) in [5.74, 6) is -4.72. The second-order valence-electron chi connectivity index (χ2n) is 3.72. The van der Waals surface area contributed by atoms with Crippen molar-refractivity contribution in [2.45, 2.75) is 18.9 Å². The molecule has 0 bridgehead atoms. The Morgan fingerprint density at radius 1 is 1.13 bits per heavy atom. The molecule has 84 valence electrons. The van der Waals surface area contributed by atoms with Gasteiger partial charge in [0, 0.05) is 0 Å². The summed E-state index contributed by atoms with van der Waals surface area (Å²) in [7, 11) is 0. The molecule has 7 nitrogen and oxygen atoms in total. The van der Waals surface area contributed by atoms with Gasteiger partial charge in [0.15, 0.2) is 5.41 Å². The Balaban J connectivity index is 2.71. The lowest BCUT2D eigenvalue weighted by Crippen LogP contribution is -2.56. The van der Waals surface area contributed by atoms with Crippen molar-refractivity contribution in [3.05, 3.63) is 0 Å². The van der Waals surface area contributed by atoms with E-state index in [1.165, 1.54) is 0 Å². The van der Waals surface area contributed by atoms with Crippen molar-refractivity contribution >= 4 is 17.9 Å². The lowest BCUT2D eigenvalue weighted by atomic mass is 9.59. The number of carbonyl (C=O) groups is 3. The van der Waals surface area contributed by atoms with Crippen molar-refractivity contribution in [3.8, 4) is 0 Å². The Kier molecular flexibility index (Phi) is 2.67. The molecular formula is C8H11NO6. The fourth-order valence-electron chi connectivity index (χ4n) is 1.73. The van der Waals surface area contributed by atoms with Gasteiger partial charge in [0.25, 0.3) is 0 Å². The molecule has 1 unspecified atom stereocenters. The van der Waals surface area contributed by atoms with Crippen LogP contribution in [0.25, 0.3) is 0 Å². The van der Waals surface area contributed by atoms with Crippen LogP contribution in [0.5, 0.6) is 0 Å². The molecule has 15 heavy (non-hydrogen) atoms. The van der Waals surface area contributed by atoms with Crippen LogP contribution in [-0.2, 0) is 14.4 Å². The van der Waals surface area contributed by atoms with E-state index in [9.17, 15) is 14.4 Å². The van der Waals surface area contributed by atoms with E-state index in [0.717, 1.165) is 0 Å². The molecule has 1 aliphatic carbocycles. The van der Waals surface area contributed by atoms with Gasteiger partial charge in [-0.1, -0.05) is 0 Å². The molecule has 1 rings (SSSR count). The van der Waals surface area contributed by atoms with Gasteiger partial charge in [0.05, 0.1) is 0 Å². The zero-order valence-corrected chi connectivity index (χ0v) is 7.71. The van der Waals surface area contributed by atoms with Gasteiger partial charge in [0.2, 0.25) is 0 Å². The highest BCUT2D eigenvalue weighted by atomic mass is 16.4. The van der Waals surface area contributed by atoms with E-state index in [1.54, 1.807) is 0 Å². The third kappa shape index (κ3) is 1.65. The van der Waals surface area contributed by atoms with Crippen LogP contribution >= 0.6 is 0 Å². The molecule has 0 spiro atoms. The largest absolute Gasteiger partial charge is 0.480 e. The molecule has 7 heteroatoms. The summed E-state index contributed by atoms with van der Waals surface area (Å²) in [6, 6.07) is -1.20. The predicted octanol–water partition coefficient (Wildman–Crippen LogP) is -1.04. The maximum atomic E-state index is 10.7. The van der Waals surface area contributed by atoms with Gasteiger partial charge in [-0.2, -0.15) is 0 Å². The first-order valence-electron chi connectivity index (χ1n) is 4.26. The Hall–Kier alpha value is -1.63. The van der Waals surface area contributed by atoms with Crippen molar-refractivity contribution in [2.24, 2.45) is 17.1 Å². The summed E-state index contributed by atoms with van der Waals surface area (Å²) in [6.45, 7) is 0. The summed E-state index contributed by atoms with van der Waals surface area (Å²) < 4.78 is 0. The third-order valence-corrected chi connectivity index (χ3v) is 2.83. The van der Waals surface area contributed by atoms with Gasteiger partial charge in [-0.3, -0.25) is 14.4 Å². The minimum Gasteiger partial charge on any atom is -0.480 e. The Labute approximate surface area is 84.5 Å². The molecule has 1 aliphatic rings. The van der Waals surface area contributed by atoms with Crippen LogP contribution in [0, 0.1) is 11.3 Å². The molecule has 0 aliphatic heterocycles. The normalized spacial score (nSPS) is 21.4. The first-order chi connectivity index (χ1) is 6.81. The zero-order chi connectivity index (χ0) is 11.8. The van der Waals surface area contributed by atoms with Crippen LogP contribution < -0.4 is 5.73 Å². The van der Waals surface area contributed by atoms with Gasteiger partial charge < -0.3 is 21.1 Å². The zero-order valence-electron chi connectivity index (χ0n) is 7.71. The summed E-state index contributed by atoms with van der Waals surface area (Å²) in [5, 5.41) is 26.0. The average molecular weight is 217 g/mol. The fraction of sp³-hybridized carbons (Fsp3) is 0.625. The molecule has 1 atom stereocenters. The van der Waals surface area contributed by atoms with Crippen LogP contribution in [0.2, 0.25) is 0 Å². The molecule has 0 saturated heterocycles. The van der Waals surface area contributed by atoms with Gasteiger partial charge >= 0.3 is 17.9 Å². The van der Waals surface area contributed by atoms with Gasteiger partial charge in [0.1, 0.15) is 6.04 Å². The smallest absolute Gasteiger partial charge is 0.321 e. The van der Waals surface area contributed by atoms with E-state index in [1.807, 2.05) is 0 Å². The lowest BCUT2D eigenvalue weighted by molar-refractivity contribution is -0.178. The summed E-state index contributed by atoms with van der Waals surface area (Å²) >= 11 is 0. The molecule has 0 heterocycles. The Morgan fingerprint density at radius 3 is 1.80 bits per heavy atom. The molecule has 0 aromatic rings. The molecule has 5 N–H and O–H groups in total. The number of aliphatic carboxylic acids is 3. The molecule has 0 aromatic heterocycles. The monoisotopic (exact) mass is 217 g/mol. The number of carboxylic acid groups (broad SMARTS) is 3. The second-order valence-corrected chi connectivity index (χ2v) is 3.72. The molecule has 0 radical (unpaired) electrons. The van der Waals surface area contributed by atoms with Crippen LogP contribution in [0.3, 0.4) is 0 Å². The average Bonchev–Trinajstić information content (AvgIpc) is 1.99. The van der Waals surface area contributed by atoms with Crippen molar-refractivity contribution in [3.63, 3.8) is 0 Å². The second kappa shape index (κ2) is 3.50. The highest BCUT2D eigenvalue weighted by Gasteiger charge is 2.58. The van der Waals surface area contributed by atoms with Crippen molar-refractivity contribution in [2.75, 3.05) is 0 Å². The lowest BCUT2D eigenvalue weighted by Gasteiger charge is -2.42. The number of hydrogen-bond acceptors (Lipinski definition) is 4. The molecule has 1 fully saturated rings. The highest BCUT2D eigenvalue weighted by Crippen LogP contribution is 2.47. The first-order valence-corrected chi connectivity index (χ1v) is 4.26. The topological polar surface area (TPSA) is 138 Å². The van der Waals surface area contributed by atoms with E-state index >= 15 is 0 Å². The fourth-order valence-corrected chi connectivity index (χ4v) is 1.73. The van der Waals surface area contributed by atoms with E-state index in [2.05, 4.69) is 0 Å². The van der Waals surface area contributed by atoms with Crippen molar-refractivity contribution in [1.82, 2.24) is 0 Å².